The number of hydrogen-bond acceptors (Lipinski definition) is 3. The SMILES string of the molecule is CCc1cccc2c1ccc1nc(CCc3cnc4c(C)ccc(C)c4n3)n(C)c12. The summed E-state index contributed by atoms with van der Waals surface area (Å²) >= 11 is 0. The van der Waals surface area contributed by atoms with E-state index in [9.17, 15) is 0 Å². The number of rotatable bonds is 4. The molecule has 0 N–H and O–H groups in total. The number of benzene rings is 3. The van der Waals surface area contributed by atoms with Crippen LogP contribution in [0.3, 0.4) is 0 Å². The van der Waals surface area contributed by atoms with E-state index in [1.807, 2.05) is 6.20 Å². The van der Waals surface area contributed by atoms with E-state index in [0.29, 0.717) is 0 Å². The van der Waals surface area contributed by atoms with Gasteiger partial charge >= 0.3 is 0 Å². The number of aryl methyl sites for hydroxylation is 6. The van der Waals surface area contributed by atoms with Gasteiger partial charge < -0.3 is 4.57 Å². The maximum atomic E-state index is 4.94. The number of hydrogen-bond donors (Lipinski definition) is 0. The highest BCUT2D eigenvalue weighted by molar-refractivity contribution is 6.05. The monoisotopic (exact) mass is 394 g/mol. The van der Waals surface area contributed by atoms with Gasteiger partial charge in [0.05, 0.1) is 27.8 Å². The molecule has 30 heavy (non-hydrogen) atoms. The van der Waals surface area contributed by atoms with Crippen molar-refractivity contribution < 1.29 is 0 Å². The van der Waals surface area contributed by atoms with Gasteiger partial charge in [-0.3, -0.25) is 4.98 Å². The van der Waals surface area contributed by atoms with Crippen LogP contribution in [0.4, 0.5) is 0 Å². The molecule has 3 aromatic carbocycles. The third-order valence-corrected chi connectivity index (χ3v) is 6.21. The van der Waals surface area contributed by atoms with E-state index in [4.69, 9.17) is 9.97 Å². The second-order valence-electron chi connectivity index (χ2n) is 8.14. The largest absolute Gasteiger partial charge is 0.331 e. The summed E-state index contributed by atoms with van der Waals surface area (Å²) in [6.45, 7) is 6.40. The van der Waals surface area contributed by atoms with Gasteiger partial charge in [-0.25, -0.2) is 9.97 Å². The number of nitrogens with zero attached hydrogens (tertiary/aromatic N) is 4. The summed E-state index contributed by atoms with van der Waals surface area (Å²) in [7, 11) is 2.13. The lowest BCUT2D eigenvalue weighted by molar-refractivity contribution is 0.776. The van der Waals surface area contributed by atoms with Crippen molar-refractivity contribution in [3.63, 3.8) is 0 Å². The minimum Gasteiger partial charge on any atom is -0.331 e. The minimum absolute atomic E-state index is 0.825. The summed E-state index contributed by atoms with van der Waals surface area (Å²) in [6, 6.07) is 15.2. The van der Waals surface area contributed by atoms with Crippen molar-refractivity contribution in [3.05, 3.63) is 76.9 Å². The summed E-state index contributed by atoms with van der Waals surface area (Å²) in [5.74, 6) is 1.09. The van der Waals surface area contributed by atoms with Gasteiger partial charge in [-0.2, -0.15) is 0 Å². The quantitative estimate of drug-likeness (QED) is 0.396. The van der Waals surface area contributed by atoms with E-state index >= 15 is 0 Å². The number of aromatic nitrogens is 4. The first-order chi connectivity index (χ1) is 14.6. The maximum absolute atomic E-state index is 4.94. The lowest BCUT2D eigenvalue weighted by atomic mass is 10.0. The zero-order chi connectivity index (χ0) is 20.8. The third-order valence-electron chi connectivity index (χ3n) is 6.21. The Labute approximate surface area is 176 Å². The van der Waals surface area contributed by atoms with Crippen LogP contribution in [0.5, 0.6) is 0 Å². The molecule has 0 saturated carbocycles. The Morgan fingerprint density at radius 1 is 0.833 bits per heavy atom. The van der Waals surface area contributed by atoms with Gasteiger partial charge in [-0.15, -0.1) is 0 Å². The molecule has 2 aromatic heterocycles. The molecule has 0 unspecified atom stereocenters. The fraction of sp³-hybridized carbons (Fsp3) is 0.269. The highest BCUT2D eigenvalue weighted by Gasteiger charge is 2.13. The summed E-state index contributed by atoms with van der Waals surface area (Å²) in [5, 5.41) is 2.61. The molecule has 0 aliphatic carbocycles. The van der Waals surface area contributed by atoms with Crippen molar-refractivity contribution in [2.75, 3.05) is 0 Å². The summed E-state index contributed by atoms with van der Waals surface area (Å²) in [5.41, 5.74) is 9.03. The molecule has 150 valence electrons. The molecule has 0 aliphatic rings. The zero-order valence-electron chi connectivity index (χ0n) is 18.0. The van der Waals surface area contributed by atoms with Gasteiger partial charge in [0.1, 0.15) is 5.82 Å². The Kier molecular flexibility index (Phi) is 4.50. The summed E-state index contributed by atoms with van der Waals surface area (Å²) < 4.78 is 2.25. The van der Waals surface area contributed by atoms with Gasteiger partial charge in [0.15, 0.2) is 0 Å². The Hall–Kier alpha value is -3.27. The predicted molar refractivity (Wildman–Crippen MR) is 124 cm³/mol. The molecule has 5 aromatic rings. The fourth-order valence-electron chi connectivity index (χ4n) is 4.47. The molecule has 4 heteroatoms. The van der Waals surface area contributed by atoms with Crippen molar-refractivity contribution in [1.29, 1.82) is 0 Å². The van der Waals surface area contributed by atoms with Crippen molar-refractivity contribution in [3.8, 4) is 0 Å². The first-order valence-corrected chi connectivity index (χ1v) is 10.6. The topological polar surface area (TPSA) is 43.6 Å². The van der Waals surface area contributed by atoms with Crippen LogP contribution in [0, 0.1) is 13.8 Å². The molecule has 0 fully saturated rings. The Bertz CT molecular complexity index is 1410. The summed E-state index contributed by atoms with van der Waals surface area (Å²) in [4.78, 5) is 14.5. The predicted octanol–water partition coefficient (Wildman–Crippen LogP) is 5.63. The van der Waals surface area contributed by atoms with Gasteiger partial charge in [0.25, 0.3) is 0 Å². The second kappa shape index (κ2) is 7.21. The average Bonchev–Trinajstić information content (AvgIpc) is 3.10. The number of fused-ring (bicyclic) bond motifs is 4. The van der Waals surface area contributed by atoms with Crippen molar-refractivity contribution in [2.45, 2.75) is 40.0 Å². The van der Waals surface area contributed by atoms with Crippen molar-refractivity contribution >= 4 is 32.8 Å². The second-order valence-corrected chi connectivity index (χ2v) is 8.14. The zero-order valence-corrected chi connectivity index (χ0v) is 18.0. The standard InChI is InChI=1S/C26H26N4/c1-5-18-7-6-8-21-20(18)12-13-22-26(21)30(4)23(29-22)14-11-19-15-27-24-16(2)9-10-17(3)25(24)28-19/h6-10,12-13,15H,5,11,14H2,1-4H3. The molecule has 0 saturated heterocycles. The van der Waals surface area contributed by atoms with E-state index in [-0.39, 0.29) is 0 Å². The minimum atomic E-state index is 0.825. The molecule has 4 nitrogen and oxygen atoms in total. The van der Waals surface area contributed by atoms with Crippen molar-refractivity contribution in [2.24, 2.45) is 7.05 Å². The van der Waals surface area contributed by atoms with Gasteiger partial charge in [0.2, 0.25) is 0 Å². The molecule has 5 rings (SSSR count). The third kappa shape index (κ3) is 2.95. The molecular weight excluding hydrogens is 368 g/mol. The van der Waals surface area contributed by atoms with E-state index < -0.39 is 0 Å². The van der Waals surface area contributed by atoms with E-state index in [0.717, 1.165) is 47.3 Å². The molecule has 0 spiro atoms. The van der Waals surface area contributed by atoms with Crippen LogP contribution in [0.1, 0.15) is 35.1 Å². The smallest absolute Gasteiger partial charge is 0.110 e. The average molecular weight is 395 g/mol. The molecule has 0 aliphatic heterocycles. The van der Waals surface area contributed by atoms with Crippen LogP contribution in [0.2, 0.25) is 0 Å². The van der Waals surface area contributed by atoms with Crippen molar-refractivity contribution in [1.82, 2.24) is 19.5 Å². The van der Waals surface area contributed by atoms with Crippen LogP contribution in [0.25, 0.3) is 32.8 Å². The fourth-order valence-corrected chi connectivity index (χ4v) is 4.47. The van der Waals surface area contributed by atoms with Crippen LogP contribution in [-0.4, -0.2) is 19.5 Å². The van der Waals surface area contributed by atoms with Crippen LogP contribution >= 0.6 is 0 Å². The number of imidazole rings is 1. The van der Waals surface area contributed by atoms with Crippen LogP contribution < -0.4 is 0 Å². The first kappa shape index (κ1) is 18.7. The Morgan fingerprint density at radius 2 is 1.63 bits per heavy atom. The lowest BCUT2D eigenvalue weighted by Crippen LogP contribution is -2.03. The van der Waals surface area contributed by atoms with Crippen LogP contribution in [0.15, 0.2) is 48.7 Å². The van der Waals surface area contributed by atoms with E-state index in [1.165, 1.54) is 33.0 Å². The molecule has 2 heterocycles. The van der Waals surface area contributed by atoms with Gasteiger partial charge in [-0.1, -0.05) is 43.3 Å². The van der Waals surface area contributed by atoms with Crippen LogP contribution in [-0.2, 0) is 26.3 Å². The highest BCUT2D eigenvalue weighted by Crippen LogP contribution is 2.28. The maximum Gasteiger partial charge on any atom is 0.110 e. The highest BCUT2D eigenvalue weighted by atomic mass is 15.1. The molecule has 0 atom stereocenters. The molecule has 0 radical (unpaired) electrons. The first-order valence-electron chi connectivity index (χ1n) is 10.6. The summed E-state index contributed by atoms with van der Waals surface area (Å²) in [6.07, 6.45) is 4.62. The van der Waals surface area contributed by atoms with Gasteiger partial charge in [0, 0.05) is 25.1 Å². The van der Waals surface area contributed by atoms with E-state index in [2.05, 4.69) is 79.8 Å². The van der Waals surface area contributed by atoms with Gasteiger partial charge in [-0.05, 0) is 54.8 Å². The normalized spacial score (nSPS) is 11.7. The Balaban J connectivity index is 1.52. The molecule has 0 amide bonds. The molecular formula is C26H26N4. The van der Waals surface area contributed by atoms with E-state index in [1.54, 1.807) is 0 Å². The Morgan fingerprint density at radius 3 is 2.43 bits per heavy atom. The molecule has 0 bridgehead atoms. The lowest BCUT2D eigenvalue weighted by Gasteiger charge is -2.08.